The van der Waals surface area contributed by atoms with E-state index in [0.717, 1.165) is 45.2 Å². The molecule has 0 amide bonds. The standard InChI is InChI=1S/C14H29NO2/c1-4-5-9-16-12-14-11-15(8-10-17-14)7-6-13(2)3/h13-14H,4-12H2,1-3H3. The Morgan fingerprint density at radius 3 is 2.94 bits per heavy atom. The van der Waals surface area contributed by atoms with Crippen LogP contribution in [0.2, 0.25) is 0 Å². The Balaban J connectivity index is 2.10. The first kappa shape index (κ1) is 14.9. The Labute approximate surface area is 106 Å². The molecular weight excluding hydrogens is 214 g/mol. The van der Waals surface area contributed by atoms with Crippen molar-refractivity contribution >= 4 is 0 Å². The van der Waals surface area contributed by atoms with Gasteiger partial charge in [-0.05, 0) is 25.3 Å². The van der Waals surface area contributed by atoms with Crippen molar-refractivity contribution in [3.8, 4) is 0 Å². The van der Waals surface area contributed by atoms with Gasteiger partial charge in [0, 0.05) is 19.7 Å². The molecule has 0 saturated carbocycles. The Kier molecular flexibility index (Phi) is 7.82. The molecule has 1 saturated heterocycles. The average Bonchev–Trinajstić information content (AvgIpc) is 2.33. The van der Waals surface area contributed by atoms with Gasteiger partial charge in [-0.1, -0.05) is 27.2 Å². The summed E-state index contributed by atoms with van der Waals surface area (Å²) >= 11 is 0. The van der Waals surface area contributed by atoms with Gasteiger partial charge in [-0.2, -0.15) is 0 Å². The third-order valence-corrected chi connectivity index (χ3v) is 3.19. The molecule has 1 aliphatic heterocycles. The highest BCUT2D eigenvalue weighted by Gasteiger charge is 2.20. The smallest absolute Gasteiger partial charge is 0.0935 e. The van der Waals surface area contributed by atoms with Crippen molar-refractivity contribution in [3.63, 3.8) is 0 Å². The summed E-state index contributed by atoms with van der Waals surface area (Å²) in [5.41, 5.74) is 0. The van der Waals surface area contributed by atoms with Gasteiger partial charge >= 0.3 is 0 Å². The molecule has 1 aliphatic rings. The molecule has 0 aromatic carbocycles. The first-order valence-corrected chi connectivity index (χ1v) is 7.14. The summed E-state index contributed by atoms with van der Waals surface area (Å²) in [6.07, 6.45) is 3.92. The first-order chi connectivity index (χ1) is 8.22. The monoisotopic (exact) mass is 243 g/mol. The Bertz CT molecular complexity index is 185. The number of hydrogen-bond acceptors (Lipinski definition) is 3. The maximum Gasteiger partial charge on any atom is 0.0935 e. The van der Waals surface area contributed by atoms with E-state index >= 15 is 0 Å². The fraction of sp³-hybridized carbons (Fsp3) is 1.00. The van der Waals surface area contributed by atoms with Crippen LogP contribution in [0.3, 0.4) is 0 Å². The predicted octanol–water partition coefficient (Wildman–Crippen LogP) is 2.55. The summed E-state index contributed by atoms with van der Waals surface area (Å²) in [4.78, 5) is 2.51. The second kappa shape index (κ2) is 8.90. The minimum Gasteiger partial charge on any atom is -0.379 e. The molecule has 3 nitrogen and oxygen atoms in total. The third kappa shape index (κ3) is 7.02. The van der Waals surface area contributed by atoms with Gasteiger partial charge in [0.1, 0.15) is 0 Å². The second-order valence-electron chi connectivity index (χ2n) is 5.40. The maximum absolute atomic E-state index is 5.73. The molecule has 0 bridgehead atoms. The van der Waals surface area contributed by atoms with E-state index in [2.05, 4.69) is 25.7 Å². The molecule has 0 N–H and O–H groups in total. The molecule has 0 aromatic heterocycles. The highest BCUT2D eigenvalue weighted by molar-refractivity contribution is 4.71. The Morgan fingerprint density at radius 1 is 1.41 bits per heavy atom. The van der Waals surface area contributed by atoms with Crippen LogP contribution in [-0.4, -0.2) is 50.5 Å². The van der Waals surface area contributed by atoms with Crippen molar-refractivity contribution in [3.05, 3.63) is 0 Å². The van der Waals surface area contributed by atoms with Crippen molar-refractivity contribution in [1.29, 1.82) is 0 Å². The van der Waals surface area contributed by atoms with Crippen molar-refractivity contribution in [2.24, 2.45) is 5.92 Å². The molecule has 1 fully saturated rings. The maximum atomic E-state index is 5.73. The number of rotatable bonds is 8. The molecule has 3 heteroatoms. The topological polar surface area (TPSA) is 21.7 Å². The molecule has 1 atom stereocenters. The van der Waals surface area contributed by atoms with E-state index in [1.54, 1.807) is 0 Å². The normalized spacial score (nSPS) is 22.2. The Morgan fingerprint density at radius 2 is 2.24 bits per heavy atom. The molecule has 0 aromatic rings. The van der Waals surface area contributed by atoms with Gasteiger partial charge in [-0.3, -0.25) is 4.90 Å². The van der Waals surface area contributed by atoms with E-state index in [1.165, 1.54) is 19.4 Å². The van der Waals surface area contributed by atoms with Crippen LogP contribution in [0.5, 0.6) is 0 Å². The van der Waals surface area contributed by atoms with Crippen molar-refractivity contribution in [2.45, 2.75) is 46.1 Å². The van der Waals surface area contributed by atoms with E-state index in [-0.39, 0.29) is 6.10 Å². The van der Waals surface area contributed by atoms with Crippen LogP contribution < -0.4 is 0 Å². The molecule has 17 heavy (non-hydrogen) atoms. The summed E-state index contributed by atoms with van der Waals surface area (Å²) in [5, 5.41) is 0. The summed E-state index contributed by atoms with van der Waals surface area (Å²) in [7, 11) is 0. The minimum atomic E-state index is 0.285. The molecule has 0 aliphatic carbocycles. The van der Waals surface area contributed by atoms with Crippen LogP contribution in [-0.2, 0) is 9.47 Å². The molecular formula is C14H29NO2. The molecule has 102 valence electrons. The fourth-order valence-electron chi connectivity index (χ4n) is 1.99. The van der Waals surface area contributed by atoms with E-state index in [9.17, 15) is 0 Å². The Hall–Kier alpha value is -0.120. The van der Waals surface area contributed by atoms with Gasteiger partial charge < -0.3 is 9.47 Å². The first-order valence-electron chi connectivity index (χ1n) is 7.14. The summed E-state index contributed by atoms with van der Waals surface area (Å²) in [5.74, 6) is 0.789. The minimum absolute atomic E-state index is 0.285. The van der Waals surface area contributed by atoms with E-state index in [0.29, 0.717) is 0 Å². The lowest BCUT2D eigenvalue weighted by Gasteiger charge is -2.33. The van der Waals surface area contributed by atoms with E-state index < -0.39 is 0 Å². The van der Waals surface area contributed by atoms with Gasteiger partial charge in [0.15, 0.2) is 0 Å². The van der Waals surface area contributed by atoms with Crippen molar-refractivity contribution in [2.75, 3.05) is 39.5 Å². The summed E-state index contributed by atoms with van der Waals surface area (Å²) in [6, 6.07) is 0. The zero-order valence-electron chi connectivity index (χ0n) is 11.8. The van der Waals surface area contributed by atoms with Crippen LogP contribution >= 0.6 is 0 Å². The number of nitrogens with zero attached hydrogens (tertiary/aromatic N) is 1. The number of morpholine rings is 1. The van der Waals surface area contributed by atoms with Crippen LogP contribution in [0.1, 0.15) is 40.0 Å². The largest absolute Gasteiger partial charge is 0.379 e. The molecule has 0 radical (unpaired) electrons. The van der Waals surface area contributed by atoms with Crippen LogP contribution in [0.4, 0.5) is 0 Å². The van der Waals surface area contributed by atoms with Gasteiger partial charge in [0.05, 0.1) is 19.3 Å². The van der Waals surface area contributed by atoms with Gasteiger partial charge in [0.25, 0.3) is 0 Å². The molecule has 0 spiro atoms. The van der Waals surface area contributed by atoms with Gasteiger partial charge in [-0.15, -0.1) is 0 Å². The van der Waals surface area contributed by atoms with Gasteiger partial charge in [-0.25, -0.2) is 0 Å². The highest BCUT2D eigenvalue weighted by atomic mass is 16.5. The third-order valence-electron chi connectivity index (χ3n) is 3.19. The fourth-order valence-corrected chi connectivity index (χ4v) is 1.99. The quantitative estimate of drug-likeness (QED) is 0.612. The summed E-state index contributed by atoms with van der Waals surface area (Å²) < 4.78 is 11.4. The number of unbranched alkanes of at least 4 members (excludes halogenated alkanes) is 1. The zero-order valence-corrected chi connectivity index (χ0v) is 11.8. The average molecular weight is 243 g/mol. The van der Waals surface area contributed by atoms with Gasteiger partial charge in [0.2, 0.25) is 0 Å². The lowest BCUT2D eigenvalue weighted by Crippen LogP contribution is -2.45. The summed E-state index contributed by atoms with van der Waals surface area (Å²) in [6.45, 7) is 12.6. The van der Waals surface area contributed by atoms with Crippen molar-refractivity contribution < 1.29 is 9.47 Å². The lowest BCUT2D eigenvalue weighted by atomic mass is 10.1. The van der Waals surface area contributed by atoms with Crippen molar-refractivity contribution in [1.82, 2.24) is 4.90 Å². The van der Waals surface area contributed by atoms with E-state index in [1.807, 2.05) is 0 Å². The molecule has 1 rings (SSSR count). The van der Waals surface area contributed by atoms with E-state index in [4.69, 9.17) is 9.47 Å². The second-order valence-corrected chi connectivity index (χ2v) is 5.40. The van der Waals surface area contributed by atoms with Crippen LogP contribution in [0.15, 0.2) is 0 Å². The number of hydrogen-bond donors (Lipinski definition) is 0. The lowest BCUT2D eigenvalue weighted by molar-refractivity contribution is -0.0699. The molecule has 1 heterocycles. The number of ether oxygens (including phenoxy) is 2. The van der Waals surface area contributed by atoms with Crippen LogP contribution in [0.25, 0.3) is 0 Å². The molecule has 1 unspecified atom stereocenters. The predicted molar refractivity (Wildman–Crippen MR) is 71.4 cm³/mol. The zero-order chi connectivity index (χ0) is 12.5. The highest BCUT2D eigenvalue weighted by Crippen LogP contribution is 2.09. The van der Waals surface area contributed by atoms with Crippen LogP contribution in [0, 0.1) is 5.92 Å². The SMILES string of the molecule is CCCCOCC1CN(CCC(C)C)CCO1.